The number of methoxy groups -OCH3 is 1. The number of thiophene rings is 1. The average molecular weight is 418 g/mol. The summed E-state index contributed by atoms with van der Waals surface area (Å²) in [7, 11) is 1.38. The molecule has 1 aliphatic heterocycles. The first-order valence-electron chi connectivity index (χ1n) is 8.72. The molecular weight excluding hydrogens is 398 g/mol. The molecule has 5 nitrogen and oxygen atoms in total. The van der Waals surface area contributed by atoms with Crippen LogP contribution in [0.4, 0.5) is 0 Å². The molecule has 0 unspecified atom stereocenters. The van der Waals surface area contributed by atoms with E-state index in [1.165, 1.54) is 36.7 Å². The van der Waals surface area contributed by atoms with E-state index in [1.54, 1.807) is 6.07 Å². The Hall–Kier alpha value is -2.41. The highest BCUT2D eigenvalue weighted by atomic mass is 35.5. The van der Waals surface area contributed by atoms with Gasteiger partial charge in [-0.2, -0.15) is 0 Å². The Balaban J connectivity index is 1.82. The molecule has 0 radical (unpaired) electrons. The number of hydrogen-bond donors (Lipinski definition) is 0. The largest absolute Gasteiger partial charge is 0.468 e. The van der Waals surface area contributed by atoms with Crippen molar-refractivity contribution in [3.05, 3.63) is 76.2 Å². The third-order valence-electron chi connectivity index (χ3n) is 4.43. The van der Waals surface area contributed by atoms with E-state index in [-0.39, 0.29) is 5.97 Å². The summed E-state index contributed by atoms with van der Waals surface area (Å²) >= 11 is 7.79. The molecule has 0 bridgehead atoms. The molecule has 0 aliphatic carbocycles. The Morgan fingerprint density at radius 3 is 2.86 bits per heavy atom. The number of fused-ring (bicyclic) bond motifs is 1. The van der Waals surface area contributed by atoms with Crippen molar-refractivity contribution >= 4 is 34.9 Å². The van der Waals surface area contributed by atoms with Gasteiger partial charge in [0.25, 0.3) is 0 Å². The van der Waals surface area contributed by atoms with Gasteiger partial charge >= 0.3 is 11.9 Å². The number of hydrogen-bond acceptors (Lipinski definition) is 6. The summed E-state index contributed by atoms with van der Waals surface area (Å²) in [6, 6.07) is 8.55. The van der Waals surface area contributed by atoms with Crippen LogP contribution in [0.2, 0.25) is 5.02 Å². The summed E-state index contributed by atoms with van der Waals surface area (Å²) in [6.45, 7) is 4.73. The smallest absolute Gasteiger partial charge is 0.336 e. The fourth-order valence-electron chi connectivity index (χ4n) is 3.16. The van der Waals surface area contributed by atoms with Crippen LogP contribution in [0, 0.1) is 0 Å². The Kier molecular flexibility index (Phi) is 6.67. The van der Waals surface area contributed by atoms with Crippen LogP contribution in [0.5, 0.6) is 5.06 Å². The lowest BCUT2D eigenvalue weighted by Gasteiger charge is -2.33. The maximum Gasteiger partial charge on any atom is 0.336 e. The molecule has 0 N–H and O–H groups in total. The van der Waals surface area contributed by atoms with E-state index in [9.17, 15) is 9.59 Å². The summed E-state index contributed by atoms with van der Waals surface area (Å²) in [5.41, 5.74) is 1.75. The van der Waals surface area contributed by atoms with Gasteiger partial charge in [0.2, 0.25) is 0 Å². The second-order valence-corrected chi connectivity index (χ2v) is 7.70. The molecule has 1 atom stereocenters. The zero-order chi connectivity index (χ0) is 20.1. The number of allylic oxidation sites excluding steroid dienone is 2. The zero-order valence-electron chi connectivity index (χ0n) is 15.4. The number of carbonyl (C=O) groups is 2. The molecule has 0 amide bonds. The summed E-state index contributed by atoms with van der Waals surface area (Å²) < 4.78 is 10.4. The molecule has 1 aromatic carbocycles. The number of esters is 2. The zero-order valence-corrected chi connectivity index (χ0v) is 17.0. The van der Waals surface area contributed by atoms with Crippen molar-refractivity contribution in [2.24, 2.45) is 0 Å². The first kappa shape index (κ1) is 20.3. The standard InChI is InChI=1S/C21H20ClNO4S/c1-3-4-9-18(24)27-19-12-14-13-23(11-10-17(14)28-19)20(21(25)26-2)15-7-5-6-8-16(15)22/h3-9,12,20H,1,10-11,13H2,2H3/b9-4+/t20-/m0/s1. The fourth-order valence-corrected chi connectivity index (χ4v) is 4.41. The quantitative estimate of drug-likeness (QED) is 0.398. The van der Waals surface area contributed by atoms with Gasteiger partial charge < -0.3 is 9.47 Å². The van der Waals surface area contributed by atoms with E-state index in [0.717, 1.165) is 22.4 Å². The second kappa shape index (κ2) is 9.19. The minimum absolute atomic E-state index is 0.354. The van der Waals surface area contributed by atoms with E-state index in [0.29, 0.717) is 23.2 Å². The monoisotopic (exact) mass is 417 g/mol. The van der Waals surface area contributed by atoms with Gasteiger partial charge in [0.15, 0.2) is 5.06 Å². The van der Waals surface area contributed by atoms with Crippen LogP contribution < -0.4 is 4.74 Å². The van der Waals surface area contributed by atoms with Crippen molar-refractivity contribution in [1.29, 1.82) is 0 Å². The molecule has 1 aliphatic rings. The van der Waals surface area contributed by atoms with Gasteiger partial charge in [-0.25, -0.2) is 9.59 Å². The van der Waals surface area contributed by atoms with Crippen molar-refractivity contribution in [3.8, 4) is 5.06 Å². The summed E-state index contributed by atoms with van der Waals surface area (Å²) in [5, 5.41) is 1.07. The fraction of sp³-hybridized carbons (Fsp3) is 0.238. The number of rotatable bonds is 6. The molecule has 0 saturated heterocycles. The predicted molar refractivity (Wildman–Crippen MR) is 110 cm³/mol. The third-order valence-corrected chi connectivity index (χ3v) is 5.89. The Bertz CT molecular complexity index is 921. The van der Waals surface area contributed by atoms with Crippen molar-refractivity contribution < 1.29 is 19.1 Å². The molecular formula is C21H20ClNO4S. The number of benzene rings is 1. The lowest BCUT2D eigenvalue weighted by atomic mass is 10.0. The van der Waals surface area contributed by atoms with E-state index >= 15 is 0 Å². The predicted octanol–water partition coefficient (Wildman–Crippen LogP) is 4.32. The van der Waals surface area contributed by atoms with E-state index < -0.39 is 12.0 Å². The van der Waals surface area contributed by atoms with Crippen molar-refractivity contribution in [2.45, 2.75) is 19.0 Å². The van der Waals surface area contributed by atoms with Crippen LogP contribution >= 0.6 is 22.9 Å². The minimum Gasteiger partial charge on any atom is -0.468 e. The highest BCUT2D eigenvalue weighted by Gasteiger charge is 2.33. The van der Waals surface area contributed by atoms with E-state index in [2.05, 4.69) is 6.58 Å². The van der Waals surface area contributed by atoms with Crippen molar-refractivity contribution in [1.82, 2.24) is 4.90 Å². The van der Waals surface area contributed by atoms with Crippen molar-refractivity contribution in [3.63, 3.8) is 0 Å². The molecule has 146 valence electrons. The molecule has 1 aromatic heterocycles. The molecule has 0 fully saturated rings. The highest BCUT2D eigenvalue weighted by molar-refractivity contribution is 7.14. The topological polar surface area (TPSA) is 55.8 Å². The lowest BCUT2D eigenvalue weighted by Crippen LogP contribution is -2.38. The van der Waals surface area contributed by atoms with Crippen LogP contribution in [-0.4, -0.2) is 30.5 Å². The second-order valence-electron chi connectivity index (χ2n) is 6.20. The van der Waals surface area contributed by atoms with Crippen LogP contribution in [0.25, 0.3) is 0 Å². The maximum atomic E-state index is 12.5. The van der Waals surface area contributed by atoms with Gasteiger partial charge in [-0.3, -0.25) is 4.90 Å². The third kappa shape index (κ3) is 4.52. The molecule has 3 rings (SSSR count). The summed E-state index contributed by atoms with van der Waals surface area (Å²) in [6.07, 6.45) is 5.11. The van der Waals surface area contributed by atoms with Gasteiger partial charge in [-0.1, -0.05) is 48.5 Å². The first-order valence-corrected chi connectivity index (χ1v) is 9.91. The maximum absolute atomic E-state index is 12.5. The van der Waals surface area contributed by atoms with Crippen LogP contribution in [0.1, 0.15) is 22.0 Å². The van der Waals surface area contributed by atoms with Gasteiger partial charge in [-0.15, -0.1) is 11.3 Å². The number of ether oxygens (including phenoxy) is 2. The Labute approximate surface area is 172 Å². The van der Waals surface area contributed by atoms with Gasteiger partial charge in [0.05, 0.1) is 7.11 Å². The van der Waals surface area contributed by atoms with Crippen LogP contribution in [0.15, 0.2) is 55.1 Å². The van der Waals surface area contributed by atoms with Crippen molar-refractivity contribution in [2.75, 3.05) is 13.7 Å². The molecule has 2 aromatic rings. The average Bonchev–Trinajstić information content (AvgIpc) is 3.09. The molecule has 28 heavy (non-hydrogen) atoms. The first-order chi connectivity index (χ1) is 13.5. The normalized spacial score (nSPS) is 15.1. The van der Waals surface area contributed by atoms with Crippen LogP contribution in [-0.2, 0) is 27.3 Å². The molecule has 0 spiro atoms. The minimum atomic E-state index is -0.590. The summed E-state index contributed by atoms with van der Waals surface area (Å²) in [4.78, 5) is 27.5. The number of nitrogens with zero attached hydrogens (tertiary/aromatic N) is 1. The van der Waals surface area contributed by atoms with Gasteiger partial charge in [0.1, 0.15) is 6.04 Å². The lowest BCUT2D eigenvalue weighted by molar-refractivity contribution is -0.147. The van der Waals surface area contributed by atoms with Gasteiger partial charge in [-0.05, 0) is 29.7 Å². The van der Waals surface area contributed by atoms with Crippen LogP contribution in [0.3, 0.4) is 0 Å². The van der Waals surface area contributed by atoms with E-state index in [1.807, 2.05) is 29.2 Å². The Morgan fingerprint density at radius 2 is 2.14 bits per heavy atom. The van der Waals surface area contributed by atoms with Gasteiger partial charge in [0, 0.05) is 29.1 Å². The summed E-state index contributed by atoms with van der Waals surface area (Å²) in [5.74, 6) is -0.799. The molecule has 0 saturated carbocycles. The number of carbonyl (C=O) groups excluding carboxylic acids is 2. The SMILES string of the molecule is C=C/C=C/C(=O)Oc1cc2c(s1)CCN([C@H](C(=O)OC)c1ccccc1Cl)C2. The number of halogens is 1. The molecule has 2 heterocycles. The Morgan fingerprint density at radius 1 is 1.36 bits per heavy atom. The van der Waals surface area contributed by atoms with E-state index in [4.69, 9.17) is 21.1 Å². The molecule has 7 heteroatoms. The highest BCUT2D eigenvalue weighted by Crippen LogP contribution is 2.37.